The first-order valence-corrected chi connectivity index (χ1v) is 5.36. The summed E-state index contributed by atoms with van der Waals surface area (Å²) >= 11 is 3.21. The molecule has 1 rings (SSSR count). The number of amides is 1. The second-order valence-electron chi connectivity index (χ2n) is 3.91. The molecule has 82 valence electrons. The van der Waals surface area contributed by atoms with E-state index in [0.29, 0.717) is 0 Å². The number of hydrogen-bond donors (Lipinski definition) is 1. The molecule has 0 atom stereocenters. The van der Waals surface area contributed by atoms with Gasteiger partial charge < -0.3 is 5.32 Å². The van der Waals surface area contributed by atoms with Gasteiger partial charge in [-0.3, -0.25) is 4.79 Å². The van der Waals surface area contributed by atoms with Crippen LogP contribution >= 0.6 is 15.9 Å². The number of hydrogen-bond acceptors (Lipinski definition) is 1. The molecule has 0 heterocycles. The quantitative estimate of drug-likeness (QED) is 0.824. The first kappa shape index (κ1) is 12.2. The van der Waals surface area contributed by atoms with E-state index in [4.69, 9.17) is 0 Å². The largest absolute Gasteiger partial charge is 0.322 e. The van der Waals surface area contributed by atoms with Crippen LogP contribution in [0.4, 0.5) is 10.1 Å². The fourth-order valence-electron chi connectivity index (χ4n) is 0.992. The highest BCUT2D eigenvalue weighted by molar-refractivity contribution is 9.10. The molecule has 2 nitrogen and oxygen atoms in total. The van der Waals surface area contributed by atoms with Crippen LogP contribution < -0.4 is 5.32 Å². The highest BCUT2D eigenvalue weighted by Gasteiger charge is 2.24. The zero-order chi connectivity index (χ0) is 11.6. The van der Waals surface area contributed by atoms with E-state index in [0.717, 1.165) is 5.56 Å². The van der Waals surface area contributed by atoms with Gasteiger partial charge in [-0.1, -0.05) is 22.0 Å². The molecule has 1 aromatic carbocycles. The summed E-state index contributed by atoms with van der Waals surface area (Å²) in [6.07, 6.45) is 0. The molecule has 0 aliphatic heterocycles. The fraction of sp³-hybridized carbons (Fsp3) is 0.364. The summed E-state index contributed by atoms with van der Waals surface area (Å²) in [5, 5.41) is 2.52. The molecule has 1 amide bonds. The molecule has 0 saturated heterocycles. The minimum Gasteiger partial charge on any atom is -0.322 e. The predicted molar refractivity (Wildman–Crippen MR) is 62.8 cm³/mol. The van der Waals surface area contributed by atoms with E-state index in [1.165, 1.54) is 6.07 Å². The summed E-state index contributed by atoms with van der Waals surface area (Å²) in [5.41, 5.74) is 1.03. The third-order valence-corrected chi connectivity index (χ3v) is 2.27. The van der Waals surface area contributed by atoms with Gasteiger partial charge in [0.1, 0.15) is 5.82 Å². The van der Waals surface area contributed by atoms with Crippen molar-refractivity contribution in [2.45, 2.75) is 25.1 Å². The Hall–Kier alpha value is -0.900. The minimum absolute atomic E-state index is 0.207. The summed E-state index contributed by atoms with van der Waals surface area (Å²) in [4.78, 5) is 11.5. The van der Waals surface area contributed by atoms with Crippen LogP contribution in [-0.4, -0.2) is 10.2 Å². The Morgan fingerprint density at radius 3 is 2.53 bits per heavy atom. The molecule has 0 aliphatic rings. The van der Waals surface area contributed by atoms with Crippen molar-refractivity contribution in [1.29, 1.82) is 0 Å². The van der Waals surface area contributed by atoms with Crippen molar-refractivity contribution in [1.82, 2.24) is 0 Å². The molecule has 0 aromatic heterocycles. The predicted octanol–water partition coefficient (Wildman–Crippen LogP) is 3.25. The van der Waals surface area contributed by atoms with E-state index >= 15 is 0 Å². The van der Waals surface area contributed by atoms with Gasteiger partial charge in [0.2, 0.25) is 5.91 Å². The van der Waals surface area contributed by atoms with Gasteiger partial charge in [-0.05, 0) is 38.5 Å². The Morgan fingerprint density at radius 1 is 1.47 bits per heavy atom. The number of anilines is 1. The molecule has 1 N–H and O–H groups in total. The average Bonchev–Trinajstić information content (AvgIpc) is 2.08. The van der Waals surface area contributed by atoms with Crippen LogP contribution in [0.15, 0.2) is 18.2 Å². The van der Waals surface area contributed by atoms with Gasteiger partial charge in [0.15, 0.2) is 0 Å². The highest BCUT2D eigenvalue weighted by Crippen LogP contribution is 2.21. The van der Waals surface area contributed by atoms with Gasteiger partial charge >= 0.3 is 0 Å². The van der Waals surface area contributed by atoms with Gasteiger partial charge in [0, 0.05) is 0 Å². The van der Waals surface area contributed by atoms with Crippen LogP contribution in [0.1, 0.15) is 19.4 Å². The number of alkyl halides is 1. The maximum Gasteiger partial charge on any atom is 0.240 e. The maximum atomic E-state index is 13.4. The van der Waals surface area contributed by atoms with Crippen molar-refractivity contribution in [3.8, 4) is 0 Å². The van der Waals surface area contributed by atoms with Crippen LogP contribution in [0.5, 0.6) is 0 Å². The van der Waals surface area contributed by atoms with E-state index < -0.39 is 10.1 Å². The zero-order valence-corrected chi connectivity index (χ0v) is 10.5. The molecule has 1 aromatic rings. The van der Waals surface area contributed by atoms with Crippen molar-refractivity contribution in [2.75, 3.05) is 5.32 Å². The van der Waals surface area contributed by atoms with Crippen LogP contribution in [0.2, 0.25) is 0 Å². The van der Waals surface area contributed by atoms with Gasteiger partial charge in [-0.15, -0.1) is 0 Å². The fourth-order valence-corrected chi connectivity index (χ4v) is 1.09. The summed E-state index contributed by atoms with van der Waals surface area (Å²) < 4.78 is 12.7. The monoisotopic (exact) mass is 273 g/mol. The number of benzene rings is 1. The van der Waals surface area contributed by atoms with Crippen molar-refractivity contribution in [3.63, 3.8) is 0 Å². The molecule has 0 aliphatic carbocycles. The zero-order valence-electron chi connectivity index (χ0n) is 8.90. The van der Waals surface area contributed by atoms with Crippen LogP contribution in [0, 0.1) is 12.7 Å². The summed E-state index contributed by atoms with van der Waals surface area (Å²) in [5.74, 6) is -0.689. The third kappa shape index (κ3) is 3.30. The van der Waals surface area contributed by atoms with Gasteiger partial charge in [-0.25, -0.2) is 4.39 Å². The Kier molecular flexibility index (Phi) is 3.50. The van der Waals surface area contributed by atoms with Gasteiger partial charge in [0.25, 0.3) is 0 Å². The number of carbonyl (C=O) groups excluding carboxylic acids is 1. The lowest BCUT2D eigenvalue weighted by Gasteiger charge is -2.16. The molecule has 0 saturated carbocycles. The lowest BCUT2D eigenvalue weighted by Crippen LogP contribution is -2.31. The third-order valence-electron chi connectivity index (χ3n) is 1.91. The Bertz CT molecular complexity index is 385. The van der Waals surface area contributed by atoms with Crippen molar-refractivity contribution >= 4 is 27.5 Å². The van der Waals surface area contributed by atoms with Crippen LogP contribution in [0.3, 0.4) is 0 Å². The molecule has 15 heavy (non-hydrogen) atoms. The smallest absolute Gasteiger partial charge is 0.240 e. The standard InChI is InChI=1S/C11H13BrFNO/c1-7-4-5-9(8(13)6-7)14-10(15)11(2,3)12/h4-6H,1-3H3,(H,14,15). The van der Waals surface area contributed by atoms with E-state index in [1.54, 1.807) is 32.9 Å². The first-order chi connectivity index (χ1) is 6.80. The molecule has 0 radical (unpaired) electrons. The number of aryl methyl sites for hydroxylation is 1. The van der Waals surface area contributed by atoms with Gasteiger partial charge in [-0.2, -0.15) is 0 Å². The maximum absolute atomic E-state index is 13.4. The second kappa shape index (κ2) is 4.31. The number of rotatable bonds is 2. The summed E-state index contributed by atoms with van der Waals surface area (Å²) in [7, 11) is 0. The first-order valence-electron chi connectivity index (χ1n) is 4.57. The van der Waals surface area contributed by atoms with E-state index in [9.17, 15) is 9.18 Å². The number of halogens is 2. The summed E-state index contributed by atoms with van der Waals surface area (Å²) in [6.45, 7) is 5.20. The van der Waals surface area contributed by atoms with Crippen molar-refractivity contribution in [2.24, 2.45) is 0 Å². The van der Waals surface area contributed by atoms with E-state index in [-0.39, 0.29) is 11.6 Å². The lowest BCUT2D eigenvalue weighted by atomic mass is 10.2. The Labute approximate surface area is 97.0 Å². The molecular formula is C11H13BrFNO. The van der Waals surface area contributed by atoms with Crippen molar-refractivity contribution in [3.05, 3.63) is 29.6 Å². The highest BCUT2D eigenvalue weighted by atomic mass is 79.9. The number of nitrogens with one attached hydrogen (secondary N) is 1. The molecule has 0 spiro atoms. The van der Waals surface area contributed by atoms with E-state index in [1.807, 2.05) is 0 Å². The topological polar surface area (TPSA) is 29.1 Å². The van der Waals surface area contributed by atoms with E-state index in [2.05, 4.69) is 21.2 Å². The van der Waals surface area contributed by atoms with Crippen LogP contribution in [-0.2, 0) is 4.79 Å². The Balaban J connectivity index is 2.87. The molecule has 0 fully saturated rings. The van der Waals surface area contributed by atoms with Crippen molar-refractivity contribution < 1.29 is 9.18 Å². The van der Waals surface area contributed by atoms with Gasteiger partial charge in [0.05, 0.1) is 10.0 Å². The molecule has 4 heteroatoms. The Morgan fingerprint density at radius 2 is 2.07 bits per heavy atom. The average molecular weight is 274 g/mol. The second-order valence-corrected chi connectivity index (χ2v) is 5.89. The molecular weight excluding hydrogens is 261 g/mol. The number of carbonyl (C=O) groups is 1. The minimum atomic E-state index is -0.704. The lowest BCUT2D eigenvalue weighted by molar-refractivity contribution is -0.117. The molecule has 0 bridgehead atoms. The van der Waals surface area contributed by atoms with Crippen LogP contribution in [0.25, 0.3) is 0 Å². The normalized spacial score (nSPS) is 11.3. The summed E-state index contributed by atoms with van der Waals surface area (Å²) in [6, 6.07) is 4.69. The molecule has 0 unspecified atom stereocenters. The SMILES string of the molecule is Cc1ccc(NC(=O)C(C)(C)Br)c(F)c1.